The fourth-order valence-electron chi connectivity index (χ4n) is 1.23. The van der Waals surface area contributed by atoms with Crippen LogP contribution in [-0.4, -0.2) is 5.84 Å². The summed E-state index contributed by atoms with van der Waals surface area (Å²) in [5.74, 6) is 0.600. The van der Waals surface area contributed by atoms with Gasteiger partial charge in [0.2, 0.25) is 0 Å². The summed E-state index contributed by atoms with van der Waals surface area (Å²) in [5.41, 5.74) is 7.76. The molecular formula is C11H16N2. The standard InChI is InChI=1S/C11H16N2/c1-3-4-10-5-7-11(8-6-10)13-9(2)12/h5-8H,3-4H2,1-2H3,(H2,12,13). The highest BCUT2D eigenvalue weighted by Gasteiger charge is 1.91. The molecule has 0 unspecified atom stereocenters. The van der Waals surface area contributed by atoms with E-state index in [4.69, 9.17) is 5.73 Å². The van der Waals surface area contributed by atoms with E-state index in [0.717, 1.165) is 12.1 Å². The largest absolute Gasteiger partial charge is 0.387 e. The SMILES string of the molecule is CCCc1ccc(N=C(C)N)cc1. The molecule has 0 amide bonds. The van der Waals surface area contributed by atoms with E-state index in [1.54, 1.807) is 6.92 Å². The normalized spacial score (nSPS) is 11.7. The number of nitrogens with zero attached hydrogens (tertiary/aromatic N) is 1. The minimum atomic E-state index is 0.600. The van der Waals surface area contributed by atoms with E-state index in [-0.39, 0.29) is 0 Å². The minimum Gasteiger partial charge on any atom is -0.387 e. The van der Waals surface area contributed by atoms with Crippen LogP contribution >= 0.6 is 0 Å². The molecule has 0 saturated carbocycles. The number of hydrogen-bond donors (Lipinski definition) is 1. The molecule has 0 fully saturated rings. The van der Waals surface area contributed by atoms with Crippen molar-refractivity contribution in [3.63, 3.8) is 0 Å². The fourth-order valence-corrected chi connectivity index (χ4v) is 1.23. The van der Waals surface area contributed by atoms with Crippen LogP contribution in [0.1, 0.15) is 25.8 Å². The Morgan fingerprint density at radius 2 is 1.92 bits per heavy atom. The van der Waals surface area contributed by atoms with E-state index in [1.165, 1.54) is 12.0 Å². The molecular weight excluding hydrogens is 160 g/mol. The Labute approximate surface area is 79.5 Å². The lowest BCUT2D eigenvalue weighted by Crippen LogP contribution is -2.03. The molecule has 0 saturated heterocycles. The molecule has 0 atom stereocenters. The zero-order valence-corrected chi connectivity index (χ0v) is 8.25. The van der Waals surface area contributed by atoms with Crippen LogP contribution < -0.4 is 5.73 Å². The van der Waals surface area contributed by atoms with Crippen molar-refractivity contribution in [1.82, 2.24) is 0 Å². The average molecular weight is 176 g/mol. The van der Waals surface area contributed by atoms with E-state index >= 15 is 0 Å². The van der Waals surface area contributed by atoms with Gasteiger partial charge in [-0.1, -0.05) is 25.5 Å². The Kier molecular flexibility index (Phi) is 3.50. The molecule has 0 aliphatic heterocycles. The molecule has 0 aliphatic rings. The molecule has 0 heterocycles. The molecule has 2 heteroatoms. The van der Waals surface area contributed by atoms with Crippen LogP contribution in [-0.2, 0) is 6.42 Å². The fraction of sp³-hybridized carbons (Fsp3) is 0.364. The van der Waals surface area contributed by atoms with Crippen LogP contribution in [0.2, 0.25) is 0 Å². The molecule has 1 aromatic carbocycles. The molecule has 1 aromatic rings. The predicted molar refractivity (Wildman–Crippen MR) is 57.4 cm³/mol. The molecule has 2 nitrogen and oxygen atoms in total. The first-order valence-electron chi connectivity index (χ1n) is 4.62. The van der Waals surface area contributed by atoms with Crippen molar-refractivity contribution in [1.29, 1.82) is 0 Å². The van der Waals surface area contributed by atoms with Gasteiger partial charge >= 0.3 is 0 Å². The second-order valence-electron chi connectivity index (χ2n) is 3.17. The predicted octanol–water partition coefficient (Wildman–Crippen LogP) is 2.65. The summed E-state index contributed by atoms with van der Waals surface area (Å²) in [7, 11) is 0. The first kappa shape index (κ1) is 9.78. The lowest BCUT2D eigenvalue weighted by Gasteiger charge is -1.99. The Morgan fingerprint density at radius 3 is 2.38 bits per heavy atom. The van der Waals surface area contributed by atoms with E-state index in [2.05, 4.69) is 24.0 Å². The van der Waals surface area contributed by atoms with Gasteiger partial charge in [-0.2, -0.15) is 0 Å². The van der Waals surface area contributed by atoms with Crippen LogP contribution in [0.5, 0.6) is 0 Å². The molecule has 0 aromatic heterocycles. The summed E-state index contributed by atoms with van der Waals surface area (Å²) in [4.78, 5) is 4.16. The lowest BCUT2D eigenvalue weighted by atomic mass is 10.1. The molecule has 0 radical (unpaired) electrons. The Morgan fingerprint density at radius 1 is 1.31 bits per heavy atom. The highest BCUT2D eigenvalue weighted by molar-refractivity contribution is 5.80. The van der Waals surface area contributed by atoms with Gasteiger partial charge in [0.25, 0.3) is 0 Å². The number of amidine groups is 1. The van der Waals surface area contributed by atoms with Crippen LogP contribution in [0.3, 0.4) is 0 Å². The summed E-state index contributed by atoms with van der Waals surface area (Å²) in [6, 6.07) is 8.21. The summed E-state index contributed by atoms with van der Waals surface area (Å²) < 4.78 is 0. The van der Waals surface area contributed by atoms with E-state index in [1.807, 2.05) is 12.1 Å². The third kappa shape index (κ3) is 3.28. The Hall–Kier alpha value is -1.31. The Balaban J connectivity index is 2.75. The second-order valence-corrected chi connectivity index (χ2v) is 3.17. The van der Waals surface area contributed by atoms with Crippen LogP contribution in [0.15, 0.2) is 29.3 Å². The number of aryl methyl sites for hydroxylation is 1. The minimum absolute atomic E-state index is 0.600. The molecule has 0 aliphatic carbocycles. The molecule has 0 spiro atoms. The first-order valence-corrected chi connectivity index (χ1v) is 4.62. The molecule has 70 valence electrons. The van der Waals surface area contributed by atoms with Gasteiger partial charge in [0.05, 0.1) is 11.5 Å². The van der Waals surface area contributed by atoms with Gasteiger partial charge in [-0.3, -0.25) is 0 Å². The third-order valence-electron chi connectivity index (χ3n) is 1.78. The lowest BCUT2D eigenvalue weighted by molar-refractivity contribution is 0.922. The van der Waals surface area contributed by atoms with Gasteiger partial charge in [0.15, 0.2) is 0 Å². The van der Waals surface area contributed by atoms with Crippen molar-refractivity contribution in [2.75, 3.05) is 0 Å². The number of aliphatic imine (C=N–C) groups is 1. The van der Waals surface area contributed by atoms with Crippen molar-refractivity contribution < 1.29 is 0 Å². The van der Waals surface area contributed by atoms with E-state index < -0.39 is 0 Å². The maximum atomic E-state index is 5.47. The van der Waals surface area contributed by atoms with Crippen LogP contribution in [0.4, 0.5) is 5.69 Å². The van der Waals surface area contributed by atoms with E-state index in [0.29, 0.717) is 5.84 Å². The summed E-state index contributed by atoms with van der Waals surface area (Å²) in [6.45, 7) is 3.97. The highest BCUT2D eigenvalue weighted by atomic mass is 14.8. The second kappa shape index (κ2) is 4.65. The highest BCUT2D eigenvalue weighted by Crippen LogP contribution is 2.13. The number of rotatable bonds is 3. The topological polar surface area (TPSA) is 38.4 Å². The van der Waals surface area contributed by atoms with Gasteiger partial charge in [-0.25, -0.2) is 4.99 Å². The molecule has 2 N–H and O–H groups in total. The number of hydrogen-bond acceptors (Lipinski definition) is 1. The zero-order chi connectivity index (χ0) is 9.68. The van der Waals surface area contributed by atoms with Crippen molar-refractivity contribution in [2.24, 2.45) is 10.7 Å². The third-order valence-corrected chi connectivity index (χ3v) is 1.78. The van der Waals surface area contributed by atoms with Gasteiger partial charge < -0.3 is 5.73 Å². The maximum Gasteiger partial charge on any atom is 0.0964 e. The van der Waals surface area contributed by atoms with E-state index in [9.17, 15) is 0 Å². The molecule has 13 heavy (non-hydrogen) atoms. The maximum absolute atomic E-state index is 5.47. The van der Waals surface area contributed by atoms with Crippen molar-refractivity contribution >= 4 is 11.5 Å². The van der Waals surface area contributed by atoms with Crippen molar-refractivity contribution in [2.45, 2.75) is 26.7 Å². The molecule has 1 rings (SSSR count). The quantitative estimate of drug-likeness (QED) is 0.558. The zero-order valence-electron chi connectivity index (χ0n) is 8.25. The van der Waals surface area contributed by atoms with Crippen LogP contribution in [0, 0.1) is 0 Å². The smallest absolute Gasteiger partial charge is 0.0964 e. The number of benzene rings is 1. The molecule has 0 bridgehead atoms. The Bertz CT molecular complexity index is 281. The van der Waals surface area contributed by atoms with Crippen molar-refractivity contribution in [3.8, 4) is 0 Å². The monoisotopic (exact) mass is 176 g/mol. The first-order chi connectivity index (χ1) is 6.22. The van der Waals surface area contributed by atoms with Crippen LogP contribution in [0.25, 0.3) is 0 Å². The summed E-state index contributed by atoms with van der Waals surface area (Å²) in [5, 5.41) is 0. The van der Waals surface area contributed by atoms with Gasteiger partial charge in [0.1, 0.15) is 0 Å². The van der Waals surface area contributed by atoms with Crippen molar-refractivity contribution in [3.05, 3.63) is 29.8 Å². The van der Waals surface area contributed by atoms with Gasteiger partial charge in [0, 0.05) is 0 Å². The number of nitrogens with two attached hydrogens (primary N) is 1. The van der Waals surface area contributed by atoms with Gasteiger partial charge in [-0.15, -0.1) is 0 Å². The van der Waals surface area contributed by atoms with Gasteiger partial charge in [-0.05, 0) is 31.0 Å². The summed E-state index contributed by atoms with van der Waals surface area (Å²) >= 11 is 0. The average Bonchev–Trinajstić information content (AvgIpc) is 2.08. The summed E-state index contributed by atoms with van der Waals surface area (Å²) in [6.07, 6.45) is 2.31.